The van der Waals surface area contributed by atoms with Gasteiger partial charge in [-0.05, 0) is 12.8 Å². The van der Waals surface area contributed by atoms with Gasteiger partial charge < -0.3 is 0 Å². The molecule has 0 N–H and O–H groups in total. The molecular formula is C9H17N. The van der Waals surface area contributed by atoms with E-state index in [1.165, 1.54) is 0 Å². The average Bonchev–Trinajstić information content (AvgIpc) is 2.43. The third kappa shape index (κ3) is 1.24. The molecule has 1 aliphatic rings. The summed E-state index contributed by atoms with van der Waals surface area (Å²) < 4.78 is 0. The molecule has 0 saturated carbocycles. The van der Waals surface area contributed by atoms with Crippen LogP contribution in [0.15, 0.2) is 12.7 Å². The van der Waals surface area contributed by atoms with Gasteiger partial charge in [-0.2, -0.15) is 0 Å². The number of rotatable bonds is 3. The van der Waals surface area contributed by atoms with Crippen molar-refractivity contribution in [1.82, 2.24) is 4.90 Å². The SMILES string of the molecule is C=CCN1C(C)C1C(C)C. The maximum absolute atomic E-state index is 3.73. The minimum Gasteiger partial charge on any atom is -0.291 e. The quantitative estimate of drug-likeness (QED) is 0.426. The monoisotopic (exact) mass is 139 g/mol. The molecule has 1 heterocycles. The highest BCUT2D eigenvalue weighted by Crippen LogP contribution is 2.32. The molecule has 10 heavy (non-hydrogen) atoms. The lowest BCUT2D eigenvalue weighted by atomic mass is 10.1. The van der Waals surface area contributed by atoms with Gasteiger partial charge in [0.15, 0.2) is 0 Å². The fourth-order valence-electron chi connectivity index (χ4n) is 1.81. The van der Waals surface area contributed by atoms with Gasteiger partial charge in [0.1, 0.15) is 0 Å². The molecule has 0 aliphatic carbocycles. The molecule has 1 saturated heterocycles. The first-order valence-electron chi connectivity index (χ1n) is 4.05. The fourth-order valence-corrected chi connectivity index (χ4v) is 1.81. The summed E-state index contributed by atoms with van der Waals surface area (Å²) >= 11 is 0. The number of hydrogen-bond donors (Lipinski definition) is 0. The second-order valence-electron chi connectivity index (χ2n) is 3.46. The zero-order chi connectivity index (χ0) is 7.72. The van der Waals surface area contributed by atoms with Crippen molar-refractivity contribution in [2.45, 2.75) is 32.9 Å². The first-order chi connectivity index (χ1) is 4.68. The van der Waals surface area contributed by atoms with Crippen molar-refractivity contribution in [2.75, 3.05) is 6.54 Å². The Kier molecular flexibility index (Phi) is 2.14. The third-order valence-electron chi connectivity index (χ3n) is 2.33. The summed E-state index contributed by atoms with van der Waals surface area (Å²) in [6.07, 6.45) is 1.98. The van der Waals surface area contributed by atoms with E-state index in [4.69, 9.17) is 0 Å². The lowest BCUT2D eigenvalue weighted by molar-refractivity contribution is 0.474. The van der Waals surface area contributed by atoms with Gasteiger partial charge in [0, 0.05) is 18.6 Å². The smallest absolute Gasteiger partial charge is 0.0278 e. The maximum atomic E-state index is 3.73. The van der Waals surface area contributed by atoms with E-state index in [1.807, 2.05) is 6.08 Å². The van der Waals surface area contributed by atoms with E-state index in [1.54, 1.807) is 0 Å². The van der Waals surface area contributed by atoms with Gasteiger partial charge in [-0.15, -0.1) is 6.58 Å². The van der Waals surface area contributed by atoms with E-state index in [9.17, 15) is 0 Å². The molecule has 1 fully saturated rings. The Hall–Kier alpha value is -0.300. The van der Waals surface area contributed by atoms with Gasteiger partial charge >= 0.3 is 0 Å². The summed E-state index contributed by atoms with van der Waals surface area (Å²) in [7, 11) is 0. The van der Waals surface area contributed by atoms with Crippen LogP contribution in [0.4, 0.5) is 0 Å². The molecule has 3 atom stereocenters. The van der Waals surface area contributed by atoms with Gasteiger partial charge in [-0.1, -0.05) is 19.9 Å². The fraction of sp³-hybridized carbons (Fsp3) is 0.778. The van der Waals surface area contributed by atoms with Gasteiger partial charge in [-0.25, -0.2) is 0 Å². The van der Waals surface area contributed by atoms with Gasteiger partial charge in [0.2, 0.25) is 0 Å². The zero-order valence-electron chi connectivity index (χ0n) is 7.17. The summed E-state index contributed by atoms with van der Waals surface area (Å²) in [5.41, 5.74) is 0. The van der Waals surface area contributed by atoms with E-state index >= 15 is 0 Å². The summed E-state index contributed by atoms with van der Waals surface area (Å²) in [4.78, 5) is 2.47. The normalized spacial score (nSPS) is 38.2. The van der Waals surface area contributed by atoms with Crippen molar-refractivity contribution in [3.8, 4) is 0 Å². The van der Waals surface area contributed by atoms with Crippen molar-refractivity contribution < 1.29 is 0 Å². The molecule has 1 heteroatoms. The molecule has 0 spiro atoms. The van der Waals surface area contributed by atoms with Crippen molar-refractivity contribution in [1.29, 1.82) is 0 Å². The lowest BCUT2D eigenvalue weighted by Gasteiger charge is -2.01. The zero-order valence-corrected chi connectivity index (χ0v) is 7.17. The van der Waals surface area contributed by atoms with Crippen LogP contribution < -0.4 is 0 Å². The lowest BCUT2D eigenvalue weighted by Crippen LogP contribution is -2.06. The summed E-state index contributed by atoms with van der Waals surface area (Å²) in [6.45, 7) is 11.6. The van der Waals surface area contributed by atoms with Gasteiger partial charge in [0.25, 0.3) is 0 Å². The van der Waals surface area contributed by atoms with E-state index in [2.05, 4.69) is 32.3 Å². The Bertz CT molecular complexity index is 129. The minimum absolute atomic E-state index is 0.790. The number of nitrogens with zero attached hydrogens (tertiary/aromatic N) is 1. The minimum atomic E-state index is 0.790. The van der Waals surface area contributed by atoms with E-state index < -0.39 is 0 Å². The van der Waals surface area contributed by atoms with E-state index in [-0.39, 0.29) is 0 Å². The van der Waals surface area contributed by atoms with Crippen LogP contribution in [0.1, 0.15) is 20.8 Å². The molecule has 0 radical (unpaired) electrons. The Morgan fingerprint density at radius 3 is 2.50 bits per heavy atom. The molecule has 3 unspecified atom stereocenters. The van der Waals surface area contributed by atoms with Gasteiger partial charge in [-0.3, -0.25) is 4.90 Å². The maximum Gasteiger partial charge on any atom is 0.0278 e. The topological polar surface area (TPSA) is 3.01 Å². The Morgan fingerprint density at radius 1 is 1.60 bits per heavy atom. The van der Waals surface area contributed by atoms with E-state index in [0.717, 1.165) is 24.5 Å². The molecule has 0 aromatic carbocycles. The van der Waals surface area contributed by atoms with Crippen LogP contribution in [0.2, 0.25) is 0 Å². The van der Waals surface area contributed by atoms with Crippen LogP contribution in [0.5, 0.6) is 0 Å². The second-order valence-corrected chi connectivity index (χ2v) is 3.46. The van der Waals surface area contributed by atoms with Gasteiger partial charge in [0.05, 0.1) is 0 Å². The van der Waals surface area contributed by atoms with Crippen molar-refractivity contribution >= 4 is 0 Å². The molecule has 1 aliphatic heterocycles. The highest BCUT2D eigenvalue weighted by Gasteiger charge is 2.44. The first kappa shape index (κ1) is 7.80. The average molecular weight is 139 g/mol. The Labute approximate surface area is 63.7 Å². The summed E-state index contributed by atoms with van der Waals surface area (Å²) in [6, 6.07) is 1.61. The molecule has 1 nitrogen and oxygen atoms in total. The van der Waals surface area contributed by atoms with Crippen molar-refractivity contribution in [3.63, 3.8) is 0 Å². The molecule has 0 bridgehead atoms. The van der Waals surface area contributed by atoms with Crippen molar-refractivity contribution in [2.24, 2.45) is 5.92 Å². The summed E-state index contributed by atoms with van der Waals surface area (Å²) in [5, 5.41) is 0. The molecule has 1 rings (SSSR count). The predicted molar refractivity (Wildman–Crippen MR) is 45.0 cm³/mol. The van der Waals surface area contributed by atoms with Crippen LogP contribution >= 0.6 is 0 Å². The van der Waals surface area contributed by atoms with Crippen LogP contribution in [0.25, 0.3) is 0 Å². The highest BCUT2D eigenvalue weighted by molar-refractivity contribution is 5.02. The second kappa shape index (κ2) is 2.75. The first-order valence-corrected chi connectivity index (χ1v) is 4.05. The molecule has 0 aromatic heterocycles. The van der Waals surface area contributed by atoms with Crippen LogP contribution in [-0.2, 0) is 0 Å². The predicted octanol–water partition coefficient (Wildman–Crippen LogP) is 1.90. The third-order valence-corrected chi connectivity index (χ3v) is 2.33. The largest absolute Gasteiger partial charge is 0.291 e. The highest BCUT2D eigenvalue weighted by atomic mass is 15.3. The molecule has 58 valence electrons. The summed E-state index contributed by atoms with van der Waals surface area (Å²) in [5.74, 6) is 0.801. The van der Waals surface area contributed by atoms with Crippen molar-refractivity contribution in [3.05, 3.63) is 12.7 Å². The molecule has 0 amide bonds. The van der Waals surface area contributed by atoms with Crippen LogP contribution in [-0.4, -0.2) is 23.5 Å². The standard InChI is InChI=1S/C9H17N/c1-5-6-10-8(4)9(10)7(2)3/h5,7-9H,1,6H2,2-4H3. The number of hydrogen-bond acceptors (Lipinski definition) is 1. The molecular weight excluding hydrogens is 122 g/mol. The molecule has 0 aromatic rings. The Morgan fingerprint density at radius 2 is 2.20 bits per heavy atom. The van der Waals surface area contributed by atoms with E-state index in [0.29, 0.717) is 0 Å². The van der Waals surface area contributed by atoms with Crippen LogP contribution in [0, 0.1) is 5.92 Å². The van der Waals surface area contributed by atoms with Crippen LogP contribution in [0.3, 0.4) is 0 Å². The Balaban J connectivity index is 2.33.